The monoisotopic (exact) mass is 1060 g/mol. The topological polar surface area (TPSA) is 74.8 Å². The Hall–Kier alpha value is -9.88. The average molecular weight is 1060 g/mol. The number of rotatable bonds is 12. The fraction of sp³-hybridized carbons (Fsp3) is 0.158. The Morgan fingerprint density at radius 2 is 0.585 bits per heavy atom. The van der Waals surface area contributed by atoms with E-state index in [-0.39, 0.29) is 35.7 Å². The molecule has 396 valence electrons. The van der Waals surface area contributed by atoms with E-state index in [2.05, 4.69) is 96.5 Å². The van der Waals surface area contributed by atoms with Gasteiger partial charge in [-0.1, -0.05) is 246 Å². The van der Waals surface area contributed by atoms with E-state index in [1.165, 1.54) is 9.80 Å². The number of imide groups is 2. The van der Waals surface area contributed by atoms with Gasteiger partial charge in [-0.25, -0.2) is 0 Å². The second kappa shape index (κ2) is 20.7. The molecule has 11 aromatic rings. The fourth-order valence-corrected chi connectivity index (χ4v) is 13.6. The number of hydrogen-bond acceptors (Lipinski definition) is 4. The van der Waals surface area contributed by atoms with Crippen LogP contribution in [0.15, 0.2) is 218 Å². The van der Waals surface area contributed by atoms with Gasteiger partial charge in [0.15, 0.2) is 0 Å². The lowest BCUT2D eigenvalue weighted by atomic mass is 9.69. The fourth-order valence-electron chi connectivity index (χ4n) is 13.6. The average Bonchev–Trinajstić information content (AvgIpc) is 0.860. The summed E-state index contributed by atoms with van der Waals surface area (Å²) in [6, 6.07) is 72.6. The Morgan fingerprint density at radius 1 is 0.317 bits per heavy atom. The summed E-state index contributed by atoms with van der Waals surface area (Å²) in [5.41, 5.74) is 6.47. The van der Waals surface area contributed by atoms with Crippen LogP contribution in [0.1, 0.15) is 139 Å². The first-order valence-electron chi connectivity index (χ1n) is 28.6. The Morgan fingerprint density at radius 3 is 0.866 bits per heavy atom. The van der Waals surface area contributed by atoms with E-state index in [9.17, 15) is 0 Å². The van der Waals surface area contributed by atoms with Crippen LogP contribution in [0.3, 0.4) is 0 Å². The van der Waals surface area contributed by atoms with Crippen LogP contribution in [-0.2, 0) is 10.8 Å². The van der Waals surface area contributed by atoms with Gasteiger partial charge in [0.1, 0.15) is 10.8 Å². The lowest BCUT2D eigenvalue weighted by molar-refractivity contribution is 0.0514. The number of amides is 4. The standard InChI is InChI=1S/C76H58N2O4/c1-5-57(6-2)77-71(79)61-41-39-59-65-49(43-45-75(51-27-15-9-16-28-51,52-29-17-10-18-30-52)53-31-19-11-20-32-53)47-63-69-64(74(82)78(73(63)81)58(7-3)8-4)48-50(66(70(65)69)60-40-42-62(72(77)80)68(61)67(59)60)44-46-76(54-33-21-12-22-34-54,55-35-23-13-24-36-55)56-37-25-14-26-38-56/h9-42,47-48,57-58H,5-8H2,1-4H3. The first kappa shape index (κ1) is 51.6. The minimum absolute atomic E-state index is 0.288. The third-order valence-electron chi connectivity index (χ3n) is 17.5. The molecule has 0 saturated heterocycles. The number of hydrogen-bond donors (Lipinski definition) is 0. The first-order chi connectivity index (χ1) is 40.2. The molecule has 2 aliphatic heterocycles. The minimum Gasteiger partial charge on any atom is -0.271 e. The zero-order valence-corrected chi connectivity index (χ0v) is 46.3. The van der Waals surface area contributed by atoms with Crippen molar-refractivity contribution in [2.45, 2.75) is 76.3 Å². The molecule has 0 fully saturated rings. The third kappa shape index (κ3) is 7.73. The molecule has 6 nitrogen and oxygen atoms in total. The molecule has 2 aliphatic rings. The van der Waals surface area contributed by atoms with Gasteiger partial charge in [0, 0.05) is 72.4 Å². The first-order valence-corrected chi connectivity index (χ1v) is 28.6. The summed E-state index contributed by atoms with van der Waals surface area (Å²) in [4.78, 5) is 64.3. The van der Waals surface area contributed by atoms with Crippen LogP contribution in [0.5, 0.6) is 0 Å². The Kier molecular flexibility index (Phi) is 13.0. The van der Waals surface area contributed by atoms with E-state index < -0.39 is 10.8 Å². The third-order valence-corrected chi connectivity index (χ3v) is 17.5. The van der Waals surface area contributed by atoms with Crippen molar-refractivity contribution >= 4 is 66.7 Å². The van der Waals surface area contributed by atoms with Crippen molar-refractivity contribution in [1.29, 1.82) is 0 Å². The van der Waals surface area contributed by atoms with E-state index in [4.69, 9.17) is 0 Å². The molecule has 0 N–H and O–H groups in total. The van der Waals surface area contributed by atoms with Crippen LogP contribution < -0.4 is 0 Å². The molecule has 0 unspecified atom stereocenters. The molecule has 0 bridgehead atoms. The zero-order valence-electron chi connectivity index (χ0n) is 46.3. The number of benzene rings is 11. The van der Waals surface area contributed by atoms with Crippen LogP contribution in [0, 0.1) is 23.7 Å². The number of nitrogens with zero attached hydrogens (tertiary/aromatic N) is 2. The highest BCUT2D eigenvalue weighted by Gasteiger charge is 2.42. The lowest BCUT2D eigenvalue weighted by Crippen LogP contribution is -2.46. The normalized spacial score (nSPS) is 13.4. The Labute approximate surface area is 478 Å². The van der Waals surface area contributed by atoms with Crippen molar-refractivity contribution in [1.82, 2.24) is 9.80 Å². The van der Waals surface area contributed by atoms with E-state index in [0.717, 1.165) is 49.5 Å². The van der Waals surface area contributed by atoms with Crippen LogP contribution in [0.4, 0.5) is 0 Å². The molecule has 11 aromatic carbocycles. The second-order valence-electron chi connectivity index (χ2n) is 21.6. The van der Waals surface area contributed by atoms with E-state index >= 15 is 19.2 Å². The Balaban J connectivity index is 1.24. The second-order valence-corrected chi connectivity index (χ2v) is 21.6. The summed E-state index contributed by atoms with van der Waals surface area (Å²) in [7, 11) is 0. The SMILES string of the molecule is CCC(CC)N1C(=O)c2ccc3c4c(C#CC(c5ccccc5)(c5ccccc5)c5ccccc5)cc5c6c(cc(C#CC(c7ccccc7)(c7ccccc7)c7ccccc7)c(c7ccc(c2c37)C1=O)c64)C(=O)N(C(CC)CC)C5=O. The van der Waals surface area contributed by atoms with E-state index in [1.54, 1.807) is 0 Å². The van der Waals surface area contributed by atoms with Crippen LogP contribution in [0.2, 0.25) is 0 Å². The van der Waals surface area contributed by atoms with Gasteiger partial charge in [0.25, 0.3) is 23.6 Å². The van der Waals surface area contributed by atoms with Crippen molar-refractivity contribution in [3.63, 3.8) is 0 Å². The van der Waals surface area contributed by atoms with E-state index in [0.29, 0.717) is 86.0 Å². The maximum Gasteiger partial charge on any atom is 0.261 e. The van der Waals surface area contributed by atoms with Gasteiger partial charge in [-0.3, -0.25) is 29.0 Å². The molecule has 82 heavy (non-hydrogen) atoms. The highest BCUT2D eigenvalue weighted by molar-refractivity contribution is 6.42. The molecule has 0 aliphatic carbocycles. The molecule has 13 rings (SSSR count). The van der Waals surface area contributed by atoms with Crippen molar-refractivity contribution < 1.29 is 19.2 Å². The Bertz CT molecular complexity index is 4010. The molecule has 0 spiro atoms. The van der Waals surface area contributed by atoms with Gasteiger partial charge in [0.05, 0.1) is 0 Å². The number of carbonyl (C=O) groups excluding carboxylic acids is 4. The van der Waals surface area contributed by atoms with Gasteiger partial charge >= 0.3 is 0 Å². The molecular formula is C76H58N2O4. The molecule has 0 saturated carbocycles. The van der Waals surface area contributed by atoms with E-state index in [1.807, 2.05) is 173 Å². The summed E-state index contributed by atoms with van der Waals surface area (Å²) in [6.07, 6.45) is 2.36. The van der Waals surface area contributed by atoms with Gasteiger partial charge < -0.3 is 0 Å². The summed E-state index contributed by atoms with van der Waals surface area (Å²) >= 11 is 0. The molecular weight excluding hydrogens is 1000 g/mol. The molecule has 0 aromatic heterocycles. The van der Waals surface area contributed by atoms with Gasteiger partial charge in [-0.05, 0) is 99.5 Å². The smallest absolute Gasteiger partial charge is 0.261 e. The number of carbonyl (C=O) groups is 4. The summed E-state index contributed by atoms with van der Waals surface area (Å²) in [5.74, 6) is 14.1. The quantitative estimate of drug-likeness (QED) is 0.0402. The van der Waals surface area contributed by atoms with Crippen LogP contribution >= 0.6 is 0 Å². The van der Waals surface area contributed by atoms with Gasteiger partial charge in [-0.15, -0.1) is 0 Å². The van der Waals surface area contributed by atoms with Crippen molar-refractivity contribution in [2.24, 2.45) is 0 Å². The van der Waals surface area contributed by atoms with Gasteiger partial charge in [-0.2, -0.15) is 0 Å². The highest BCUT2D eigenvalue weighted by Crippen LogP contribution is 2.50. The van der Waals surface area contributed by atoms with Crippen molar-refractivity contribution in [3.05, 3.63) is 285 Å². The predicted molar refractivity (Wildman–Crippen MR) is 330 cm³/mol. The van der Waals surface area contributed by atoms with Crippen molar-refractivity contribution in [3.8, 4) is 23.7 Å². The maximum absolute atomic E-state index is 15.7. The van der Waals surface area contributed by atoms with Crippen LogP contribution in [0.25, 0.3) is 43.1 Å². The lowest BCUT2D eigenvalue weighted by Gasteiger charge is -2.35. The summed E-state index contributed by atoms with van der Waals surface area (Å²) in [5, 5.41) is 5.37. The molecule has 0 radical (unpaired) electrons. The summed E-state index contributed by atoms with van der Waals surface area (Å²) in [6.45, 7) is 8.04. The largest absolute Gasteiger partial charge is 0.271 e. The van der Waals surface area contributed by atoms with Gasteiger partial charge in [0.2, 0.25) is 0 Å². The highest BCUT2D eigenvalue weighted by atomic mass is 16.2. The molecule has 2 heterocycles. The zero-order chi connectivity index (χ0) is 56.3. The molecule has 4 amide bonds. The number of fused-ring (bicyclic) bond motifs is 2. The molecule has 6 heteroatoms. The minimum atomic E-state index is -1.02. The maximum atomic E-state index is 15.7. The predicted octanol–water partition coefficient (Wildman–Crippen LogP) is 16.1. The van der Waals surface area contributed by atoms with Crippen LogP contribution in [-0.4, -0.2) is 45.5 Å². The molecule has 0 atom stereocenters. The van der Waals surface area contributed by atoms with Crippen molar-refractivity contribution in [2.75, 3.05) is 0 Å². The summed E-state index contributed by atoms with van der Waals surface area (Å²) < 4.78 is 0.